The Labute approximate surface area is 136 Å². The Morgan fingerprint density at radius 2 is 2.09 bits per heavy atom. The topological polar surface area (TPSA) is 63.5 Å². The first-order valence-electron chi connectivity index (χ1n) is 8.21. The summed E-state index contributed by atoms with van der Waals surface area (Å²) in [5.74, 6) is 1.01. The van der Waals surface area contributed by atoms with Crippen LogP contribution in [0.4, 0.5) is 4.79 Å². The molecule has 2 N–H and O–H groups in total. The average molecular weight is 316 g/mol. The number of hydrogen-bond donors (Lipinski definition) is 2. The molecule has 1 aromatic heterocycles. The SMILES string of the molecule is CC(C)C(NC(=O)NC1CCOC1C)c1cc2ccccc2o1. The highest BCUT2D eigenvalue weighted by Crippen LogP contribution is 2.28. The minimum absolute atomic E-state index is 0.0597. The molecule has 1 fully saturated rings. The lowest BCUT2D eigenvalue weighted by atomic mass is 10.0. The number of para-hydroxylation sites is 1. The maximum absolute atomic E-state index is 12.3. The highest BCUT2D eigenvalue weighted by Gasteiger charge is 2.28. The molecule has 3 unspecified atom stereocenters. The van der Waals surface area contributed by atoms with Gasteiger partial charge in [-0.2, -0.15) is 0 Å². The zero-order valence-electron chi connectivity index (χ0n) is 13.8. The summed E-state index contributed by atoms with van der Waals surface area (Å²) in [4.78, 5) is 12.3. The van der Waals surface area contributed by atoms with Crippen LogP contribution in [-0.2, 0) is 4.74 Å². The van der Waals surface area contributed by atoms with Crippen LogP contribution >= 0.6 is 0 Å². The van der Waals surface area contributed by atoms with Crippen molar-refractivity contribution >= 4 is 17.0 Å². The maximum atomic E-state index is 12.3. The number of rotatable bonds is 4. The smallest absolute Gasteiger partial charge is 0.315 e. The van der Waals surface area contributed by atoms with Crippen molar-refractivity contribution in [3.05, 3.63) is 36.1 Å². The number of furan rings is 1. The first-order chi connectivity index (χ1) is 11.0. The Balaban J connectivity index is 1.72. The summed E-state index contributed by atoms with van der Waals surface area (Å²) in [6.07, 6.45) is 0.912. The Hall–Kier alpha value is -2.01. The number of amides is 2. The molecule has 2 amide bonds. The Morgan fingerprint density at radius 1 is 1.30 bits per heavy atom. The normalized spacial score (nSPS) is 22.4. The summed E-state index contributed by atoms with van der Waals surface area (Å²) in [6.45, 7) is 6.82. The number of hydrogen-bond acceptors (Lipinski definition) is 3. The number of benzene rings is 1. The molecule has 1 aliphatic rings. The molecule has 1 aliphatic heterocycles. The van der Waals surface area contributed by atoms with Crippen LogP contribution in [0, 0.1) is 5.92 Å². The van der Waals surface area contributed by atoms with Gasteiger partial charge in [0.05, 0.1) is 18.2 Å². The van der Waals surface area contributed by atoms with Crippen LogP contribution in [0.5, 0.6) is 0 Å². The van der Waals surface area contributed by atoms with Crippen LogP contribution in [0.2, 0.25) is 0 Å². The van der Waals surface area contributed by atoms with E-state index in [0.29, 0.717) is 6.61 Å². The molecule has 5 nitrogen and oxygen atoms in total. The van der Waals surface area contributed by atoms with Crippen molar-refractivity contribution in [2.24, 2.45) is 5.92 Å². The molecule has 23 heavy (non-hydrogen) atoms. The molecule has 2 aromatic rings. The molecule has 0 radical (unpaired) electrons. The predicted octanol–water partition coefficient (Wildman–Crippen LogP) is 3.61. The molecule has 5 heteroatoms. The number of ether oxygens (including phenoxy) is 1. The van der Waals surface area contributed by atoms with Crippen molar-refractivity contribution in [2.45, 2.75) is 45.4 Å². The molecule has 3 atom stereocenters. The second kappa shape index (κ2) is 6.62. The molecular weight excluding hydrogens is 292 g/mol. The van der Waals surface area contributed by atoms with Gasteiger partial charge < -0.3 is 19.8 Å². The highest BCUT2D eigenvalue weighted by atomic mass is 16.5. The van der Waals surface area contributed by atoms with Gasteiger partial charge >= 0.3 is 6.03 Å². The van der Waals surface area contributed by atoms with E-state index >= 15 is 0 Å². The molecule has 0 saturated carbocycles. The summed E-state index contributed by atoms with van der Waals surface area (Å²) in [7, 11) is 0. The van der Waals surface area contributed by atoms with E-state index in [9.17, 15) is 4.79 Å². The van der Waals surface area contributed by atoms with Crippen LogP contribution < -0.4 is 10.6 Å². The van der Waals surface area contributed by atoms with Crippen LogP contribution in [-0.4, -0.2) is 24.8 Å². The molecule has 0 aliphatic carbocycles. The highest BCUT2D eigenvalue weighted by molar-refractivity contribution is 5.78. The van der Waals surface area contributed by atoms with Crippen molar-refractivity contribution in [2.75, 3.05) is 6.61 Å². The monoisotopic (exact) mass is 316 g/mol. The van der Waals surface area contributed by atoms with E-state index in [1.165, 1.54) is 0 Å². The quantitative estimate of drug-likeness (QED) is 0.906. The molecule has 0 bridgehead atoms. The number of fused-ring (bicyclic) bond motifs is 1. The lowest BCUT2D eigenvalue weighted by Gasteiger charge is -2.23. The van der Waals surface area contributed by atoms with Crippen molar-refractivity contribution in [3.63, 3.8) is 0 Å². The van der Waals surface area contributed by atoms with Crippen molar-refractivity contribution in [1.82, 2.24) is 10.6 Å². The van der Waals surface area contributed by atoms with Gasteiger partial charge in [0, 0.05) is 12.0 Å². The minimum atomic E-state index is -0.175. The summed E-state index contributed by atoms with van der Waals surface area (Å²) in [5.41, 5.74) is 0.841. The van der Waals surface area contributed by atoms with Crippen molar-refractivity contribution in [1.29, 1.82) is 0 Å². The van der Waals surface area contributed by atoms with E-state index in [2.05, 4.69) is 24.5 Å². The second-order valence-electron chi connectivity index (χ2n) is 6.50. The lowest BCUT2D eigenvalue weighted by molar-refractivity contribution is 0.114. The zero-order valence-corrected chi connectivity index (χ0v) is 13.8. The van der Waals surface area contributed by atoms with Gasteiger partial charge in [0.1, 0.15) is 11.3 Å². The molecule has 2 heterocycles. The van der Waals surface area contributed by atoms with E-state index in [4.69, 9.17) is 9.15 Å². The van der Waals surface area contributed by atoms with Gasteiger partial charge in [-0.1, -0.05) is 32.0 Å². The van der Waals surface area contributed by atoms with E-state index in [0.717, 1.165) is 23.2 Å². The number of nitrogens with one attached hydrogen (secondary N) is 2. The van der Waals surface area contributed by atoms with Gasteiger partial charge in [-0.3, -0.25) is 0 Å². The molecule has 1 saturated heterocycles. The zero-order chi connectivity index (χ0) is 16.4. The van der Waals surface area contributed by atoms with Gasteiger partial charge in [0.2, 0.25) is 0 Å². The molecule has 124 valence electrons. The summed E-state index contributed by atoms with van der Waals surface area (Å²) in [5, 5.41) is 7.09. The van der Waals surface area contributed by atoms with Gasteiger partial charge in [-0.15, -0.1) is 0 Å². The largest absolute Gasteiger partial charge is 0.459 e. The second-order valence-corrected chi connectivity index (χ2v) is 6.50. The number of carbonyl (C=O) groups excluding carboxylic acids is 1. The lowest BCUT2D eigenvalue weighted by Crippen LogP contribution is -2.46. The third-order valence-electron chi connectivity index (χ3n) is 4.40. The van der Waals surface area contributed by atoms with Gasteiger partial charge in [-0.25, -0.2) is 4.79 Å². The van der Waals surface area contributed by atoms with Crippen molar-refractivity contribution in [3.8, 4) is 0 Å². The number of urea groups is 1. The first-order valence-corrected chi connectivity index (χ1v) is 8.21. The fraction of sp³-hybridized carbons (Fsp3) is 0.500. The van der Waals surface area contributed by atoms with Gasteiger partial charge in [0.25, 0.3) is 0 Å². The Bertz CT molecular complexity index is 647. The molecule has 1 aromatic carbocycles. The predicted molar refractivity (Wildman–Crippen MR) is 89.3 cm³/mol. The molecular formula is C18H24N2O3. The fourth-order valence-electron chi connectivity index (χ4n) is 2.99. The van der Waals surface area contributed by atoms with E-state index in [1.54, 1.807) is 0 Å². The summed E-state index contributed by atoms with van der Waals surface area (Å²) >= 11 is 0. The first kappa shape index (κ1) is 15.9. The molecule has 3 rings (SSSR count). The minimum Gasteiger partial charge on any atom is -0.459 e. The Morgan fingerprint density at radius 3 is 2.74 bits per heavy atom. The van der Waals surface area contributed by atoms with Crippen LogP contribution in [0.1, 0.15) is 39.0 Å². The van der Waals surface area contributed by atoms with Gasteiger partial charge in [0.15, 0.2) is 0 Å². The third kappa shape index (κ3) is 3.50. The van der Waals surface area contributed by atoms with E-state index < -0.39 is 0 Å². The average Bonchev–Trinajstić information content (AvgIpc) is 3.11. The van der Waals surface area contributed by atoms with E-state index in [1.807, 2.05) is 37.3 Å². The standard InChI is InChI=1S/C18H24N2O3/c1-11(2)17(16-10-13-6-4-5-7-15(13)23-16)20-18(21)19-14-8-9-22-12(14)3/h4-7,10-12,14,17H,8-9H2,1-3H3,(H2,19,20,21). The fourth-order valence-corrected chi connectivity index (χ4v) is 2.99. The third-order valence-corrected chi connectivity index (χ3v) is 4.40. The summed E-state index contributed by atoms with van der Waals surface area (Å²) < 4.78 is 11.4. The van der Waals surface area contributed by atoms with Crippen LogP contribution in [0.25, 0.3) is 11.0 Å². The van der Waals surface area contributed by atoms with Gasteiger partial charge in [-0.05, 0) is 31.4 Å². The Kier molecular flexibility index (Phi) is 4.57. The number of carbonyl (C=O) groups is 1. The summed E-state index contributed by atoms with van der Waals surface area (Å²) in [6, 6.07) is 9.60. The van der Waals surface area contributed by atoms with Crippen molar-refractivity contribution < 1.29 is 13.9 Å². The van der Waals surface area contributed by atoms with Crippen LogP contribution in [0.15, 0.2) is 34.7 Å². The van der Waals surface area contributed by atoms with E-state index in [-0.39, 0.29) is 30.1 Å². The maximum Gasteiger partial charge on any atom is 0.315 e. The van der Waals surface area contributed by atoms with Crippen LogP contribution in [0.3, 0.4) is 0 Å². The molecule has 0 spiro atoms.